The highest BCUT2D eigenvalue weighted by atomic mass is 32.1. The maximum absolute atomic E-state index is 12.2. The Morgan fingerprint density at radius 2 is 2.11 bits per heavy atom. The molecule has 1 N–H and O–H groups in total. The second-order valence-corrected chi connectivity index (χ2v) is 6.58. The van der Waals surface area contributed by atoms with Gasteiger partial charge in [0.05, 0.1) is 5.69 Å². The molecule has 1 amide bonds. The van der Waals surface area contributed by atoms with Gasteiger partial charge >= 0.3 is 12.6 Å². The van der Waals surface area contributed by atoms with Crippen LogP contribution in [0.2, 0.25) is 0 Å². The Kier molecular flexibility index (Phi) is 5.54. The SMILES string of the molecule is Cc1sc(NC(=O)Cn2cnc([N+](=O)[O-])n2)nc1-c1ccc(OC(F)F)cc1. The van der Waals surface area contributed by atoms with Crippen molar-refractivity contribution in [2.45, 2.75) is 20.1 Å². The number of nitro groups is 1. The number of ether oxygens (including phenoxy) is 1. The minimum Gasteiger partial charge on any atom is -0.435 e. The van der Waals surface area contributed by atoms with E-state index in [1.54, 1.807) is 19.1 Å². The Morgan fingerprint density at radius 3 is 2.71 bits per heavy atom. The number of thiazole rings is 1. The molecular formula is C15H12F2N6O4S. The summed E-state index contributed by atoms with van der Waals surface area (Å²) in [6.07, 6.45) is 1.08. The Labute approximate surface area is 160 Å². The molecule has 3 rings (SSSR count). The van der Waals surface area contributed by atoms with Crippen LogP contribution in [0, 0.1) is 17.0 Å². The molecule has 2 aromatic heterocycles. The van der Waals surface area contributed by atoms with Crippen molar-refractivity contribution in [2.75, 3.05) is 5.32 Å². The first-order chi connectivity index (χ1) is 13.3. The van der Waals surface area contributed by atoms with Gasteiger partial charge in [0, 0.05) is 15.5 Å². The molecular weight excluding hydrogens is 398 g/mol. The number of carbonyl (C=O) groups is 1. The zero-order chi connectivity index (χ0) is 20.3. The summed E-state index contributed by atoms with van der Waals surface area (Å²) in [5.41, 5.74) is 1.25. The van der Waals surface area contributed by atoms with Crippen LogP contribution in [0.5, 0.6) is 5.75 Å². The number of nitrogens with one attached hydrogen (secondary N) is 1. The number of alkyl halides is 2. The topological polar surface area (TPSA) is 125 Å². The van der Waals surface area contributed by atoms with Crippen LogP contribution in [0.3, 0.4) is 0 Å². The first-order valence-electron chi connectivity index (χ1n) is 7.68. The molecule has 0 radical (unpaired) electrons. The standard InChI is InChI=1S/C15H12F2N6O4S/c1-8-12(9-2-4-10(5-3-9)27-13(16)17)20-15(28-8)19-11(24)6-22-7-18-14(21-22)23(25)26/h2-5,7,13H,6H2,1H3,(H,19,20,24). The lowest BCUT2D eigenvalue weighted by Crippen LogP contribution is -2.19. The zero-order valence-electron chi connectivity index (χ0n) is 14.2. The maximum Gasteiger partial charge on any atom is 0.490 e. The number of rotatable bonds is 7. The highest BCUT2D eigenvalue weighted by Crippen LogP contribution is 2.31. The summed E-state index contributed by atoms with van der Waals surface area (Å²) >= 11 is 1.23. The molecule has 0 aliphatic heterocycles. The Bertz CT molecular complexity index is 1000. The summed E-state index contributed by atoms with van der Waals surface area (Å²) < 4.78 is 29.8. The molecule has 13 heteroatoms. The molecule has 0 unspecified atom stereocenters. The summed E-state index contributed by atoms with van der Waals surface area (Å²) in [6, 6.07) is 5.96. The average molecular weight is 410 g/mol. The minimum absolute atomic E-state index is 0.0297. The number of amides is 1. The normalized spacial score (nSPS) is 10.9. The van der Waals surface area contributed by atoms with Crippen molar-refractivity contribution in [3.63, 3.8) is 0 Å². The van der Waals surface area contributed by atoms with E-state index in [0.29, 0.717) is 16.4 Å². The van der Waals surface area contributed by atoms with Gasteiger partial charge in [-0.1, -0.05) is 4.98 Å². The van der Waals surface area contributed by atoms with E-state index in [1.165, 1.54) is 23.5 Å². The van der Waals surface area contributed by atoms with E-state index in [1.807, 2.05) is 0 Å². The molecule has 3 aromatic rings. The fourth-order valence-corrected chi connectivity index (χ4v) is 3.11. The molecule has 0 atom stereocenters. The smallest absolute Gasteiger partial charge is 0.435 e. The highest BCUT2D eigenvalue weighted by Gasteiger charge is 2.17. The van der Waals surface area contributed by atoms with Crippen LogP contribution in [0.1, 0.15) is 4.88 Å². The Morgan fingerprint density at radius 1 is 1.39 bits per heavy atom. The van der Waals surface area contributed by atoms with E-state index in [-0.39, 0.29) is 12.3 Å². The molecule has 0 aliphatic carbocycles. The van der Waals surface area contributed by atoms with Crippen LogP contribution >= 0.6 is 11.3 Å². The van der Waals surface area contributed by atoms with Crippen molar-refractivity contribution < 1.29 is 23.2 Å². The summed E-state index contributed by atoms with van der Waals surface area (Å²) in [6.45, 7) is -1.37. The number of hydrogen-bond donors (Lipinski definition) is 1. The summed E-state index contributed by atoms with van der Waals surface area (Å²) in [7, 11) is 0. The third kappa shape index (κ3) is 4.62. The summed E-state index contributed by atoms with van der Waals surface area (Å²) in [5.74, 6) is -1.05. The minimum atomic E-state index is -2.90. The van der Waals surface area contributed by atoms with Crippen LogP contribution in [0.25, 0.3) is 11.3 Å². The van der Waals surface area contributed by atoms with Crippen LogP contribution < -0.4 is 10.1 Å². The summed E-state index contributed by atoms with van der Waals surface area (Å²) in [4.78, 5) is 30.5. The second-order valence-electron chi connectivity index (χ2n) is 5.37. The quantitative estimate of drug-likeness (QED) is 0.469. The second kappa shape index (κ2) is 8.04. The van der Waals surface area contributed by atoms with Gasteiger partial charge in [0.1, 0.15) is 12.3 Å². The maximum atomic E-state index is 12.2. The van der Waals surface area contributed by atoms with Gasteiger partial charge in [-0.3, -0.25) is 4.79 Å². The molecule has 146 valence electrons. The van der Waals surface area contributed by atoms with Gasteiger partial charge in [-0.15, -0.1) is 11.3 Å². The lowest BCUT2D eigenvalue weighted by atomic mass is 10.1. The van der Waals surface area contributed by atoms with E-state index < -0.39 is 23.4 Å². The Balaban J connectivity index is 1.67. The lowest BCUT2D eigenvalue weighted by molar-refractivity contribution is -0.394. The predicted molar refractivity (Wildman–Crippen MR) is 94.2 cm³/mol. The van der Waals surface area contributed by atoms with Gasteiger partial charge in [0.15, 0.2) is 5.13 Å². The van der Waals surface area contributed by atoms with Crippen molar-refractivity contribution in [1.29, 1.82) is 0 Å². The van der Waals surface area contributed by atoms with Gasteiger partial charge in [-0.2, -0.15) is 13.5 Å². The molecule has 0 aliphatic rings. The molecule has 0 saturated heterocycles. The molecule has 0 saturated carbocycles. The number of hydrogen-bond acceptors (Lipinski definition) is 8. The van der Waals surface area contributed by atoms with Crippen LogP contribution in [0.15, 0.2) is 30.6 Å². The molecule has 0 fully saturated rings. The van der Waals surface area contributed by atoms with Crippen LogP contribution in [-0.2, 0) is 11.3 Å². The molecule has 0 spiro atoms. The summed E-state index contributed by atoms with van der Waals surface area (Å²) in [5, 5.41) is 17.0. The number of benzene rings is 1. The fraction of sp³-hybridized carbons (Fsp3) is 0.200. The Hall–Kier alpha value is -3.48. The molecule has 1 aromatic carbocycles. The number of nitrogens with zero attached hydrogens (tertiary/aromatic N) is 5. The third-order valence-corrected chi connectivity index (χ3v) is 4.28. The van der Waals surface area contributed by atoms with Crippen molar-refractivity contribution in [2.24, 2.45) is 0 Å². The van der Waals surface area contributed by atoms with Crippen LogP contribution in [-0.4, -0.2) is 37.2 Å². The average Bonchev–Trinajstić information content (AvgIpc) is 3.22. The van der Waals surface area contributed by atoms with E-state index in [9.17, 15) is 23.7 Å². The number of halogens is 2. The highest BCUT2D eigenvalue weighted by molar-refractivity contribution is 7.16. The first-order valence-corrected chi connectivity index (χ1v) is 8.50. The predicted octanol–water partition coefficient (Wildman–Crippen LogP) is 2.86. The van der Waals surface area contributed by atoms with Crippen molar-refractivity contribution in [3.05, 3.63) is 45.6 Å². The molecule has 10 nitrogen and oxygen atoms in total. The zero-order valence-corrected chi connectivity index (χ0v) is 15.0. The molecule has 2 heterocycles. The van der Waals surface area contributed by atoms with Crippen molar-refractivity contribution in [1.82, 2.24) is 19.7 Å². The van der Waals surface area contributed by atoms with Crippen molar-refractivity contribution >= 4 is 28.3 Å². The van der Waals surface area contributed by atoms with E-state index in [4.69, 9.17) is 0 Å². The number of anilines is 1. The van der Waals surface area contributed by atoms with Gasteiger partial charge < -0.3 is 20.2 Å². The van der Waals surface area contributed by atoms with Crippen LogP contribution in [0.4, 0.5) is 19.9 Å². The largest absolute Gasteiger partial charge is 0.490 e. The number of aryl methyl sites for hydroxylation is 1. The van der Waals surface area contributed by atoms with E-state index >= 15 is 0 Å². The van der Waals surface area contributed by atoms with E-state index in [2.05, 4.69) is 25.1 Å². The monoisotopic (exact) mass is 410 g/mol. The first kappa shape index (κ1) is 19.3. The third-order valence-electron chi connectivity index (χ3n) is 3.39. The fourth-order valence-electron chi connectivity index (χ4n) is 2.26. The van der Waals surface area contributed by atoms with Gasteiger partial charge in [0.25, 0.3) is 0 Å². The van der Waals surface area contributed by atoms with Gasteiger partial charge in [0.2, 0.25) is 12.2 Å². The van der Waals surface area contributed by atoms with E-state index in [0.717, 1.165) is 15.9 Å². The number of aromatic nitrogens is 4. The van der Waals surface area contributed by atoms with Gasteiger partial charge in [-0.05, 0) is 36.1 Å². The lowest BCUT2D eigenvalue weighted by Gasteiger charge is -2.05. The number of carbonyl (C=O) groups excluding carboxylic acids is 1. The molecule has 0 bridgehead atoms. The van der Waals surface area contributed by atoms with Gasteiger partial charge in [-0.25, -0.2) is 4.98 Å². The molecule has 28 heavy (non-hydrogen) atoms. The van der Waals surface area contributed by atoms with Crippen molar-refractivity contribution in [3.8, 4) is 17.0 Å².